The van der Waals surface area contributed by atoms with Crippen LogP contribution in [0.15, 0.2) is 101 Å². The maximum atomic E-state index is 11.5. The van der Waals surface area contributed by atoms with E-state index in [1.54, 1.807) is 0 Å². The third kappa shape index (κ3) is 8.53. The molecule has 57 heavy (non-hydrogen) atoms. The van der Waals surface area contributed by atoms with E-state index in [9.17, 15) is 25.9 Å². The zero-order valence-corrected chi connectivity index (χ0v) is 35.8. The van der Waals surface area contributed by atoms with Crippen LogP contribution in [0.1, 0.15) is 101 Å². The Balaban J connectivity index is 1.23. The van der Waals surface area contributed by atoms with Gasteiger partial charge >= 0.3 is 0 Å². The van der Waals surface area contributed by atoms with Crippen molar-refractivity contribution in [2.24, 2.45) is 0 Å². The molecule has 2 heterocycles. The van der Waals surface area contributed by atoms with Crippen molar-refractivity contribution in [1.82, 2.24) is 0 Å². The van der Waals surface area contributed by atoms with Crippen LogP contribution < -0.4 is 4.90 Å². The molecule has 0 saturated carbocycles. The Morgan fingerprint density at radius 1 is 0.807 bits per heavy atom. The Kier molecular flexibility index (Phi) is 11.7. The second-order valence-corrected chi connectivity index (χ2v) is 20.4. The molecule has 0 atom stereocenters. The number of benzene rings is 3. The normalized spacial score (nSPS) is 20.4. The third-order valence-electron chi connectivity index (χ3n) is 12.2. The molecule has 2 N–H and O–H groups in total. The molecule has 302 valence electrons. The predicted molar refractivity (Wildman–Crippen MR) is 234 cm³/mol. The molecule has 0 fully saturated rings. The van der Waals surface area contributed by atoms with Crippen LogP contribution >= 0.6 is 11.6 Å². The highest BCUT2D eigenvalue weighted by atomic mass is 35.5. The van der Waals surface area contributed by atoms with Crippen LogP contribution in [0.2, 0.25) is 0 Å². The number of unbranched alkanes of at least 4 members (excludes halogenated alkanes) is 2. The fourth-order valence-corrected chi connectivity index (χ4v) is 10.9. The summed E-state index contributed by atoms with van der Waals surface area (Å²) in [5.74, 6) is -0.517. The van der Waals surface area contributed by atoms with Crippen LogP contribution in [0.3, 0.4) is 0 Å². The summed E-state index contributed by atoms with van der Waals surface area (Å²) in [7, 11) is -8.06. The lowest BCUT2D eigenvalue weighted by molar-refractivity contribution is -0.438. The van der Waals surface area contributed by atoms with Crippen molar-refractivity contribution in [2.45, 2.75) is 96.3 Å². The van der Waals surface area contributed by atoms with Gasteiger partial charge in [-0.2, -0.15) is 21.4 Å². The summed E-state index contributed by atoms with van der Waals surface area (Å²) in [6.45, 7) is 10.2. The Morgan fingerprint density at radius 2 is 1.54 bits per heavy atom. The van der Waals surface area contributed by atoms with Crippen molar-refractivity contribution in [3.8, 4) is 0 Å². The van der Waals surface area contributed by atoms with Crippen LogP contribution in [0.25, 0.3) is 16.8 Å². The summed E-state index contributed by atoms with van der Waals surface area (Å²) in [5.41, 5.74) is 11.1. The fraction of sp³-hybridized carbons (Fsp3) is 0.413. The van der Waals surface area contributed by atoms with Gasteiger partial charge in [0.15, 0.2) is 5.71 Å². The summed E-state index contributed by atoms with van der Waals surface area (Å²) in [6.07, 6.45) is 19.8. The van der Waals surface area contributed by atoms with Gasteiger partial charge in [0.1, 0.15) is 6.54 Å². The van der Waals surface area contributed by atoms with E-state index in [2.05, 4.69) is 122 Å². The van der Waals surface area contributed by atoms with Crippen LogP contribution in [-0.4, -0.2) is 60.8 Å². The largest absolute Gasteiger partial charge is 0.344 e. The van der Waals surface area contributed by atoms with E-state index in [1.165, 1.54) is 33.0 Å². The summed E-state index contributed by atoms with van der Waals surface area (Å²) in [5, 5.41) is 3.12. The zero-order chi connectivity index (χ0) is 40.8. The van der Waals surface area contributed by atoms with E-state index >= 15 is 0 Å². The van der Waals surface area contributed by atoms with Crippen molar-refractivity contribution < 1.29 is 30.5 Å². The lowest BCUT2D eigenvalue weighted by atomic mass is 9.78. The number of nitrogens with zero attached hydrogens (tertiary/aromatic N) is 2. The lowest BCUT2D eigenvalue weighted by Gasteiger charge is -2.28. The Hall–Kier alpha value is -3.80. The Labute approximate surface area is 343 Å². The van der Waals surface area contributed by atoms with E-state index in [0.29, 0.717) is 38.8 Å². The molecule has 0 bridgehead atoms. The van der Waals surface area contributed by atoms with Gasteiger partial charge in [0.25, 0.3) is 20.2 Å². The highest BCUT2D eigenvalue weighted by Gasteiger charge is 2.46. The minimum Gasteiger partial charge on any atom is -0.344 e. The SMILES string of the molecule is CC1(C)C(/C=C/C2=C(Cl)C(=C/C=C3/N(CCCCS(=O)(=O)O)c4ccc5c(c4C3(C)C)C=CCC5)/CCC2)=[N+](CCCCS(=O)(=O)O)c2ccc3ccccc3c21. The predicted octanol–water partition coefficient (Wildman–Crippen LogP) is 10.4. The van der Waals surface area contributed by atoms with Gasteiger partial charge in [-0.25, -0.2) is 0 Å². The van der Waals surface area contributed by atoms with E-state index in [1.807, 2.05) is 0 Å². The van der Waals surface area contributed by atoms with Crippen LogP contribution in [-0.2, 0) is 37.5 Å². The van der Waals surface area contributed by atoms with Crippen molar-refractivity contribution in [3.05, 3.63) is 123 Å². The quantitative estimate of drug-likeness (QED) is 0.100. The number of hydrogen-bond donors (Lipinski definition) is 2. The van der Waals surface area contributed by atoms with Crippen LogP contribution in [0.4, 0.5) is 11.4 Å². The monoisotopic (exact) mass is 829 g/mol. The second kappa shape index (κ2) is 16.1. The van der Waals surface area contributed by atoms with Gasteiger partial charge in [0, 0.05) is 52.5 Å². The van der Waals surface area contributed by atoms with E-state index < -0.39 is 20.2 Å². The lowest BCUT2D eigenvalue weighted by Crippen LogP contribution is -2.28. The number of aryl methyl sites for hydroxylation is 1. The maximum Gasteiger partial charge on any atom is 0.264 e. The molecule has 3 aromatic carbocycles. The second-order valence-electron chi connectivity index (χ2n) is 16.8. The topological polar surface area (TPSA) is 115 Å². The van der Waals surface area contributed by atoms with E-state index in [-0.39, 0.29) is 22.3 Å². The molecule has 4 aliphatic rings. The Morgan fingerprint density at radius 3 is 2.30 bits per heavy atom. The molecule has 0 aromatic heterocycles. The number of halogens is 1. The van der Waals surface area contributed by atoms with Crippen LogP contribution in [0, 0.1) is 0 Å². The number of anilines is 1. The third-order valence-corrected chi connectivity index (χ3v) is 14.3. The summed E-state index contributed by atoms with van der Waals surface area (Å²) < 4.78 is 67.1. The molecule has 3 aromatic rings. The van der Waals surface area contributed by atoms with Gasteiger partial charge in [0.2, 0.25) is 5.69 Å². The van der Waals surface area contributed by atoms with Gasteiger partial charge in [-0.1, -0.05) is 80.1 Å². The number of fused-ring (bicyclic) bond motifs is 6. The minimum absolute atomic E-state index is 0.255. The molecule has 2 aliphatic heterocycles. The van der Waals surface area contributed by atoms with E-state index in [4.69, 9.17) is 11.6 Å². The molecule has 0 spiro atoms. The summed E-state index contributed by atoms with van der Waals surface area (Å²) in [4.78, 5) is 2.32. The molecular formula is C46H54ClN2O6S2+. The van der Waals surface area contributed by atoms with Gasteiger partial charge in [-0.15, -0.1) is 0 Å². The highest BCUT2D eigenvalue weighted by Crippen LogP contribution is 2.51. The van der Waals surface area contributed by atoms with Gasteiger partial charge in [0.05, 0.1) is 16.9 Å². The number of hydrogen-bond acceptors (Lipinski definition) is 5. The molecule has 0 unspecified atom stereocenters. The average Bonchev–Trinajstić information content (AvgIpc) is 3.51. The standard InChI is InChI=1S/C46H53ClN2O6S2/c1-45(2)40(48(28-9-11-30-56(50,51)52)38-24-20-32-14-5-7-18-36(32)42(38)45)26-22-34-16-13-17-35(44(34)47)23-27-41-46(3,4)43-37-19-8-6-15-33(37)21-25-39(43)49(41)29-10-12-31-57(53,54)55/h5,7-8,14,18-27H,6,9-13,15-17,28-31H2,1-4H3,(H-,50,51,52,53,54,55)/p+1. The molecule has 0 saturated heterocycles. The van der Waals surface area contributed by atoms with Crippen LogP contribution in [0.5, 0.6) is 0 Å². The first kappa shape index (κ1) is 41.4. The fourth-order valence-electron chi connectivity index (χ4n) is 9.47. The van der Waals surface area contributed by atoms with Gasteiger partial charge in [-0.3, -0.25) is 9.11 Å². The molecule has 0 amide bonds. The first-order valence-corrected chi connectivity index (χ1v) is 23.7. The molecule has 0 radical (unpaired) electrons. The highest BCUT2D eigenvalue weighted by molar-refractivity contribution is 7.86. The van der Waals surface area contributed by atoms with Gasteiger partial charge in [-0.05, 0) is 122 Å². The molecule has 2 aliphatic carbocycles. The number of allylic oxidation sites excluding steroid dienone is 9. The first-order valence-electron chi connectivity index (χ1n) is 20.1. The maximum absolute atomic E-state index is 11.5. The van der Waals surface area contributed by atoms with E-state index in [0.717, 1.165) is 71.1 Å². The molecule has 7 rings (SSSR count). The Bertz CT molecular complexity index is 2520. The smallest absolute Gasteiger partial charge is 0.264 e. The van der Waals surface area contributed by atoms with Crippen molar-refractivity contribution in [1.29, 1.82) is 0 Å². The van der Waals surface area contributed by atoms with Crippen molar-refractivity contribution in [3.63, 3.8) is 0 Å². The minimum atomic E-state index is -4.03. The summed E-state index contributed by atoms with van der Waals surface area (Å²) in [6, 6.07) is 17.2. The first-order chi connectivity index (χ1) is 27.0. The number of rotatable bonds is 13. The van der Waals surface area contributed by atoms with Gasteiger partial charge < -0.3 is 4.90 Å². The molecular weight excluding hydrogens is 776 g/mol. The summed E-state index contributed by atoms with van der Waals surface area (Å²) >= 11 is 7.30. The molecule has 8 nitrogen and oxygen atoms in total. The zero-order valence-electron chi connectivity index (χ0n) is 33.4. The van der Waals surface area contributed by atoms with Crippen molar-refractivity contribution >= 4 is 65.8 Å². The molecule has 11 heteroatoms. The average molecular weight is 831 g/mol. The van der Waals surface area contributed by atoms with Crippen molar-refractivity contribution in [2.75, 3.05) is 29.5 Å².